The fourth-order valence-corrected chi connectivity index (χ4v) is 2.05. The molecule has 0 fully saturated rings. The van der Waals surface area contributed by atoms with Gasteiger partial charge >= 0.3 is 5.97 Å². The standard InChI is InChI=1S/C17H19NO3/c1-13(14-7-3-2-4-8-14)18-11-15-9-5-6-10-16(15)21-12-17(19)20/h2-10,13,18H,11-12H2,1H3,(H,19,20)/t13-/m0/s1. The van der Waals surface area contributed by atoms with Crippen LogP contribution in [0.15, 0.2) is 54.6 Å². The molecule has 0 aliphatic rings. The van der Waals surface area contributed by atoms with E-state index in [0.717, 1.165) is 5.56 Å². The molecule has 2 rings (SSSR count). The summed E-state index contributed by atoms with van der Waals surface area (Å²) in [6.45, 7) is 2.38. The van der Waals surface area contributed by atoms with Crippen molar-refractivity contribution in [1.82, 2.24) is 5.32 Å². The minimum Gasteiger partial charge on any atom is -0.482 e. The molecule has 0 aliphatic carbocycles. The molecule has 110 valence electrons. The van der Waals surface area contributed by atoms with Crippen LogP contribution >= 0.6 is 0 Å². The largest absolute Gasteiger partial charge is 0.482 e. The van der Waals surface area contributed by atoms with E-state index in [1.165, 1.54) is 5.56 Å². The first-order valence-electron chi connectivity index (χ1n) is 6.87. The summed E-state index contributed by atoms with van der Waals surface area (Å²) in [4.78, 5) is 10.6. The van der Waals surface area contributed by atoms with Gasteiger partial charge in [-0.25, -0.2) is 4.79 Å². The maximum absolute atomic E-state index is 10.6. The Hall–Kier alpha value is -2.33. The predicted molar refractivity (Wildman–Crippen MR) is 81.3 cm³/mol. The van der Waals surface area contributed by atoms with E-state index in [9.17, 15) is 4.79 Å². The lowest BCUT2D eigenvalue weighted by Gasteiger charge is -2.16. The maximum Gasteiger partial charge on any atom is 0.341 e. The van der Waals surface area contributed by atoms with Gasteiger partial charge in [0, 0.05) is 18.2 Å². The molecule has 4 heteroatoms. The van der Waals surface area contributed by atoms with Crippen molar-refractivity contribution in [2.75, 3.05) is 6.61 Å². The van der Waals surface area contributed by atoms with Crippen molar-refractivity contribution >= 4 is 5.97 Å². The number of carboxylic acid groups (broad SMARTS) is 1. The average molecular weight is 285 g/mol. The van der Waals surface area contributed by atoms with E-state index in [1.807, 2.05) is 36.4 Å². The van der Waals surface area contributed by atoms with Gasteiger partial charge in [0.05, 0.1) is 0 Å². The molecule has 2 N–H and O–H groups in total. The molecule has 1 atom stereocenters. The molecule has 0 radical (unpaired) electrons. The monoisotopic (exact) mass is 285 g/mol. The maximum atomic E-state index is 10.6. The van der Waals surface area contributed by atoms with Crippen molar-refractivity contribution < 1.29 is 14.6 Å². The van der Waals surface area contributed by atoms with Gasteiger partial charge in [0.15, 0.2) is 6.61 Å². The van der Waals surface area contributed by atoms with Crippen LogP contribution in [0.4, 0.5) is 0 Å². The third kappa shape index (κ3) is 4.61. The fraction of sp³-hybridized carbons (Fsp3) is 0.235. The normalized spacial score (nSPS) is 11.9. The van der Waals surface area contributed by atoms with Crippen LogP contribution in [0.3, 0.4) is 0 Å². The highest BCUT2D eigenvalue weighted by atomic mass is 16.5. The molecule has 0 unspecified atom stereocenters. The van der Waals surface area contributed by atoms with Crippen molar-refractivity contribution in [3.05, 3.63) is 65.7 Å². The first kappa shape index (κ1) is 15.1. The third-order valence-corrected chi connectivity index (χ3v) is 3.22. The lowest BCUT2D eigenvalue weighted by molar-refractivity contribution is -0.139. The molecule has 0 saturated carbocycles. The van der Waals surface area contributed by atoms with Crippen LogP contribution in [0.1, 0.15) is 24.1 Å². The first-order valence-corrected chi connectivity index (χ1v) is 6.87. The minimum absolute atomic E-state index is 0.207. The second kappa shape index (κ2) is 7.45. The van der Waals surface area contributed by atoms with Crippen molar-refractivity contribution in [2.24, 2.45) is 0 Å². The van der Waals surface area contributed by atoms with Gasteiger partial charge < -0.3 is 15.2 Å². The van der Waals surface area contributed by atoms with Crippen LogP contribution in [0, 0.1) is 0 Å². The molecular weight excluding hydrogens is 266 g/mol. The van der Waals surface area contributed by atoms with E-state index in [2.05, 4.69) is 24.4 Å². The highest BCUT2D eigenvalue weighted by Crippen LogP contribution is 2.19. The van der Waals surface area contributed by atoms with Crippen molar-refractivity contribution in [3.63, 3.8) is 0 Å². The summed E-state index contributed by atoms with van der Waals surface area (Å²) in [6.07, 6.45) is 0. The van der Waals surface area contributed by atoms with E-state index in [4.69, 9.17) is 9.84 Å². The molecular formula is C17H19NO3. The van der Waals surface area contributed by atoms with Gasteiger partial charge in [-0.3, -0.25) is 0 Å². The first-order chi connectivity index (χ1) is 10.2. The van der Waals surface area contributed by atoms with Crippen LogP contribution < -0.4 is 10.1 Å². The predicted octanol–water partition coefficient (Wildman–Crippen LogP) is 3.00. The summed E-state index contributed by atoms with van der Waals surface area (Å²) in [5, 5.41) is 12.1. The second-order valence-corrected chi connectivity index (χ2v) is 4.80. The Morgan fingerprint density at radius 3 is 2.52 bits per heavy atom. The molecule has 21 heavy (non-hydrogen) atoms. The molecule has 2 aromatic carbocycles. The number of benzene rings is 2. The van der Waals surface area contributed by atoms with E-state index < -0.39 is 5.97 Å². The second-order valence-electron chi connectivity index (χ2n) is 4.80. The van der Waals surface area contributed by atoms with Gasteiger partial charge in [-0.15, -0.1) is 0 Å². The van der Waals surface area contributed by atoms with Crippen LogP contribution in [0.2, 0.25) is 0 Å². The molecule has 0 aromatic heterocycles. The Bertz CT molecular complexity index is 584. The summed E-state index contributed by atoms with van der Waals surface area (Å²) in [5.74, 6) is -0.372. The topological polar surface area (TPSA) is 58.6 Å². The summed E-state index contributed by atoms with van der Waals surface area (Å²) >= 11 is 0. The summed E-state index contributed by atoms with van der Waals surface area (Å²) in [5.41, 5.74) is 2.16. The lowest BCUT2D eigenvalue weighted by atomic mass is 10.1. The SMILES string of the molecule is C[C@H](NCc1ccccc1OCC(=O)O)c1ccccc1. The quantitative estimate of drug-likeness (QED) is 0.821. The molecule has 0 heterocycles. The smallest absolute Gasteiger partial charge is 0.341 e. The summed E-state index contributed by atoms with van der Waals surface area (Å²) in [7, 11) is 0. The van der Waals surface area contributed by atoms with Crippen LogP contribution in [-0.2, 0) is 11.3 Å². The highest BCUT2D eigenvalue weighted by molar-refractivity contribution is 5.68. The van der Waals surface area contributed by atoms with Gasteiger partial charge in [0.1, 0.15) is 5.75 Å². The molecule has 0 bridgehead atoms. The molecule has 2 aromatic rings. The van der Waals surface area contributed by atoms with Gasteiger partial charge in [-0.05, 0) is 18.6 Å². The van der Waals surface area contributed by atoms with Crippen LogP contribution in [0.5, 0.6) is 5.75 Å². The zero-order chi connectivity index (χ0) is 15.1. The Balaban J connectivity index is 1.98. The van der Waals surface area contributed by atoms with Crippen molar-refractivity contribution in [3.8, 4) is 5.75 Å². The van der Waals surface area contributed by atoms with Crippen LogP contribution in [-0.4, -0.2) is 17.7 Å². The number of hydrogen-bond acceptors (Lipinski definition) is 3. The van der Waals surface area contributed by atoms with Crippen molar-refractivity contribution in [1.29, 1.82) is 0 Å². The Kier molecular flexibility index (Phi) is 5.35. The van der Waals surface area contributed by atoms with E-state index >= 15 is 0 Å². The van der Waals surface area contributed by atoms with Gasteiger partial charge in [0.2, 0.25) is 0 Å². The van der Waals surface area contributed by atoms with E-state index in [0.29, 0.717) is 12.3 Å². The number of carboxylic acids is 1. The number of ether oxygens (including phenoxy) is 1. The molecule has 0 saturated heterocycles. The van der Waals surface area contributed by atoms with Gasteiger partial charge in [-0.1, -0.05) is 48.5 Å². The number of carbonyl (C=O) groups is 1. The fourth-order valence-electron chi connectivity index (χ4n) is 2.05. The Labute approximate surface area is 124 Å². The van der Waals surface area contributed by atoms with Gasteiger partial charge in [-0.2, -0.15) is 0 Å². The average Bonchev–Trinajstić information content (AvgIpc) is 2.52. The van der Waals surface area contributed by atoms with E-state index in [-0.39, 0.29) is 12.6 Å². The highest BCUT2D eigenvalue weighted by Gasteiger charge is 2.08. The molecule has 4 nitrogen and oxygen atoms in total. The molecule has 0 amide bonds. The summed E-state index contributed by atoms with van der Waals surface area (Å²) < 4.78 is 5.30. The van der Waals surface area contributed by atoms with Crippen molar-refractivity contribution in [2.45, 2.75) is 19.5 Å². The minimum atomic E-state index is -0.976. The van der Waals surface area contributed by atoms with Crippen LogP contribution in [0.25, 0.3) is 0 Å². The lowest BCUT2D eigenvalue weighted by Crippen LogP contribution is -2.19. The van der Waals surface area contributed by atoms with Gasteiger partial charge in [0.25, 0.3) is 0 Å². The number of nitrogens with one attached hydrogen (secondary N) is 1. The number of aliphatic carboxylic acids is 1. The zero-order valence-corrected chi connectivity index (χ0v) is 12.0. The Morgan fingerprint density at radius 1 is 1.14 bits per heavy atom. The molecule has 0 spiro atoms. The van der Waals surface area contributed by atoms with E-state index in [1.54, 1.807) is 6.07 Å². The number of rotatable bonds is 7. The number of para-hydroxylation sites is 1. The zero-order valence-electron chi connectivity index (χ0n) is 12.0. The summed E-state index contributed by atoms with van der Waals surface area (Å²) in [6, 6.07) is 17.8. The third-order valence-electron chi connectivity index (χ3n) is 3.22. The molecule has 0 aliphatic heterocycles. The Morgan fingerprint density at radius 2 is 1.81 bits per heavy atom. The number of hydrogen-bond donors (Lipinski definition) is 2.